The molecule has 5 heteroatoms. The molecule has 4 nitrogen and oxygen atoms in total. The first-order valence-electron chi connectivity index (χ1n) is 8.03. The monoisotopic (exact) mass is 325 g/mol. The van der Waals surface area contributed by atoms with Gasteiger partial charge >= 0.3 is 0 Å². The summed E-state index contributed by atoms with van der Waals surface area (Å²) in [4.78, 5) is 23.7. The number of thiophene rings is 1. The predicted octanol–water partition coefficient (Wildman–Crippen LogP) is 4.16. The number of nitrogens with one attached hydrogen (secondary N) is 1. The summed E-state index contributed by atoms with van der Waals surface area (Å²) < 4.78 is 0. The van der Waals surface area contributed by atoms with Crippen molar-refractivity contribution in [3.05, 3.63) is 41.3 Å². The van der Waals surface area contributed by atoms with E-state index in [1.54, 1.807) is 11.3 Å². The van der Waals surface area contributed by atoms with E-state index in [-0.39, 0.29) is 5.91 Å². The van der Waals surface area contributed by atoms with Crippen LogP contribution in [0.2, 0.25) is 0 Å². The van der Waals surface area contributed by atoms with E-state index in [2.05, 4.69) is 16.9 Å². The molecule has 1 aromatic carbocycles. The first kappa shape index (κ1) is 14.5. The molecule has 1 amide bonds. The minimum Gasteiger partial charge on any atom is -0.339 e. The van der Waals surface area contributed by atoms with Crippen LogP contribution in [0.4, 0.5) is 0 Å². The summed E-state index contributed by atoms with van der Waals surface area (Å²) in [6.07, 6.45) is 2.20. The van der Waals surface area contributed by atoms with Gasteiger partial charge in [-0.15, -0.1) is 11.3 Å². The second-order valence-electron chi connectivity index (χ2n) is 6.27. The Morgan fingerprint density at radius 2 is 2.13 bits per heavy atom. The molecule has 0 aliphatic carbocycles. The van der Waals surface area contributed by atoms with E-state index >= 15 is 0 Å². The van der Waals surface area contributed by atoms with E-state index in [1.165, 1.54) is 0 Å². The van der Waals surface area contributed by atoms with Crippen LogP contribution in [-0.2, 0) is 0 Å². The van der Waals surface area contributed by atoms with Gasteiger partial charge in [0.25, 0.3) is 5.91 Å². The molecule has 118 valence electrons. The summed E-state index contributed by atoms with van der Waals surface area (Å²) >= 11 is 1.66. The molecule has 0 bridgehead atoms. The van der Waals surface area contributed by atoms with Crippen molar-refractivity contribution < 1.29 is 4.79 Å². The molecule has 1 aliphatic rings. The highest BCUT2D eigenvalue weighted by Crippen LogP contribution is 2.25. The number of rotatable bonds is 2. The Hall–Kier alpha value is -2.14. The molecule has 0 saturated carbocycles. The number of piperidine rings is 1. The zero-order valence-electron chi connectivity index (χ0n) is 13.1. The summed E-state index contributed by atoms with van der Waals surface area (Å²) in [5, 5.41) is 2.04. The topological polar surface area (TPSA) is 49.0 Å². The smallest absolute Gasteiger partial charge is 0.253 e. The quantitative estimate of drug-likeness (QED) is 0.769. The molecule has 23 heavy (non-hydrogen) atoms. The van der Waals surface area contributed by atoms with Crippen LogP contribution in [0.1, 0.15) is 30.1 Å². The minimum absolute atomic E-state index is 0.131. The van der Waals surface area contributed by atoms with Gasteiger partial charge in [0.2, 0.25) is 0 Å². The van der Waals surface area contributed by atoms with Gasteiger partial charge in [0.1, 0.15) is 5.82 Å². The van der Waals surface area contributed by atoms with Crippen molar-refractivity contribution in [3.8, 4) is 10.7 Å². The summed E-state index contributed by atoms with van der Waals surface area (Å²) in [6, 6.07) is 9.81. The van der Waals surface area contributed by atoms with Crippen LogP contribution >= 0.6 is 11.3 Å². The Kier molecular flexibility index (Phi) is 3.65. The third-order valence-electron chi connectivity index (χ3n) is 4.55. The number of aromatic amines is 1. The van der Waals surface area contributed by atoms with Crippen molar-refractivity contribution in [2.45, 2.75) is 19.8 Å². The standard InChI is InChI=1S/C18H19N3OS/c1-12-6-8-21(9-7-12)18(22)13-4-5-14-15(11-13)20-17(19-14)16-3-2-10-23-16/h2-5,10-12H,6-9H2,1H3,(H,19,20). The molecular weight excluding hydrogens is 306 g/mol. The molecule has 0 unspecified atom stereocenters. The maximum Gasteiger partial charge on any atom is 0.253 e. The van der Waals surface area contributed by atoms with Crippen LogP contribution in [0.5, 0.6) is 0 Å². The molecule has 0 atom stereocenters. The third kappa shape index (κ3) is 2.77. The molecule has 1 saturated heterocycles. The van der Waals surface area contributed by atoms with Crippen LogP contribution < -0.4 is 0 Å². The van der Waals surface area contributed by atoms with Gasteiger partial charge in [0, 0.05) is 18.7 Å². The lowest BCUT2D eigenvalue weighted by Crippen LogP contribution is -2.37. The summed E-state index contributed by atoms with van der Waals surface area (Å²) in [5.41, 5.74) is 2.57. The van der Waals surface area contributed by atoms with Crippen LogP contribution in [-0.4, -0.2) is 33.9 Å². The average molecular weight is 325 g/mol. The van der Waals surface area contributed by atoms with E-state index in [0.717, 1.165) is 59.1 Å². The summed E-state index contributed by atoms with van der Waals surface area (Å²) in [5.74, 6) is 1.72. The van der Waals surface area contributed by atoms with Gasteiger partial charge in [-0.2, -0.15) is 0 Å². The minimum atomic E-state index is 0.131. The Morgan fingerprint density at radius 3 is 2.87 bits per heavy atom. The highest BCUT2D eigenvalue weighted by molar-refractivity contribution is 7.13. The number of imidazole rings is 1. The van der Waals surface area contributed by atoms with Crippen molar-refractivity contribution >= 4 is 28.3 Å². The van der Waals surface area contributed by atoms with Crippen molar-refractivity contribution in [1.82, 2.24) is 14.9 Å². The maximum absolute atomic E-state index is 12.7. The van der Waals surface area contributed by atoms with Gasteiger partial charge < -0.3 is 9.88 Å². The normalized spacial score (nSPS) is 16.1. The number of H-pyrrole nitrogens is 1. The molecule has 0 radical (unpaired) electrons. The molecule has 4 rings (SSSR count). The number of aromatic nitrogens is 2. The van der Waals surface area contributed by atoms with Gasteiger partial charge in [-0.1, -0.05) is 13.0 Å². The highest BCUT2D eigenvalue weighted by atomic mass is 32.1. The Labute approximate surface area is 139 Å². The number of nitrogens with zero attached hydrogens (tertiary/aromatic N) is 2. The molecule has 1 fully saturated rings. The maximum atomic E-state index is 12.7. The van der Waals surface area contributed by atoms with E-state index in [9.17, 15) is 4.79 Å². The zero-order valence-corrected chi connectivity index (χ0v) is 13.9. The van der Waals surface area contributed by atoms with Crippen molar-refractivity contribution in [2.75, 3.05) is 13.1 Å². The first-order valence-corrected chi connectivity index (χ1v) is 8.91. The van der Waals surface area contributed by atoms with Crippen LogP contribution in [0, 0.1) is 5.92 Å². The Balaban J connectivity index is 1.62. The highest BCUT2D eigenvalue weighted by Gasteiger charge is 2.21. The van der Waals surface area contributed by atoms with E-state index in [0.29, 0.717) is 0 Å². The Bertz CT molecular complexity index is 829. The summed E-state index contributed by atoms with van der Waals surface area (Å²) in [6.45, 7) is 3.98. The lowest BCUT2D eigenvalue weighted by atomic mass is 9.98. The number of carbonyl (C=O) groups is 1. The average Bonchev–Trinajstić information content (AvgIpc) is 3.23. The zero-order chi connectivity index (χ0) is 15.8. The van der Waals surface area contributed by atoms with Crippen molar-refractivity contribution in [2.24, 2.45) is 5.92 Å². The molecule has 0 spiro atoms. The number of amides is 1. The van der Waals surface area contributed by atoms with E-state index in [4.69, 9.17) is 0 Å². The number of benzene rings is 1. The second-order valence-corrected chi connectivity index (χ2v) is 7.22. The van der Waals surface area contributed by atoms with Gasteiger partial charge in [0.15, 0.2) is 0 Å². The Morgan fingerprint density at radius 1 is 1.30 bits per heavy atom. The fraction of sp³-hybridized carbons (Fsp3) is 0.333. The van der Waals surface area contributed by atoms with Gasteiger partial charge in [0.05, 0.1) is 15.9 Å². The van der Waals surface area contributed by atoms with E-state index in [1.807, 2.05) is 40.6 Å². The predicted molar refractivity (Wildman–Crippen MR) is 93.7 cm³/mol. The summed E-state index contributed by atoms with van der Waals surface area (Å²) in [7, 11) is 0. The number of carbonyl (C=O) groups excluding carboxylic acids is 1. The molecule has 3 aromatic rings. The molecule has 1 N–H and O–H groups in total. The van der Waals surface area contributed by atoms with Gasteiger partial charge in [-0.05, 0) is 48.4 Å². The molecule has 1 aliphatic heterocycles. The number of hydrogen-bond donors (Lipinski definition) is 1. The lowest BCUT2D eigenvalue weighted by Gasteiger charge is -2.30. The van der Waals surface area contributed by atoms with Crippen molar-refractivity contribution in [3.63, 3.8) is 0 Å². The fourth-order valence-electron chi connectivity index (χ4n) is 3.07. The van der Waals surface area contributed by atoms with Crippen LogP contribution in [0.3, 0.4) is 0 Å². The molecule has 2 aromatic heterocycles. The number of fused-ring (bicyclic) bond motifs is 1. The largest absolute Gasteiger partial charge is 0.339 e. The first-order chi connectivity index (χ1) is 11.2. The van der Waals surface area contributed by atoms with Gasteiger partial charge in [-0.25, -0.2) is 4.98 Å². The second kappa shape index (κ2) is 5.81. The van der Waals surface area contributed by atoms with Gasteiger partial charge in [-0.3, -0.25) is 4.79 Å². The number of likely N-dealkylation sites (tertiary alicyclic amines) is 1. The van der Waals surface area contributed by atoms with Crippen LogP contribution in [0.15, 0.2) is 35.7 Å². The SMILES string of the molecule is CC1CCN(C(=O)c2ccc3nc(-c4cccs4)[nH]c3c2)CC1. The van der Waals surface area contributed by atoms with Crippen LogP contribution in [0.25, 0.3) is 21.7 Å². The fourth-order valence-corrected chi connectivity index (χ4v) is 3.74. The molecule has 3 heterocycles. The van der Waals surface area contributed by atoms with E-state index < -0.39 is 0 Å². The third-order valence-corrected chi connectivity index (χ3v) is 5.43. The lowest BCUT2D eigenvalue weighted by molar-refractivity contribution is 0.0697. The number of hydrogen-bond acceptors (Lipinski definition) is 3. The van der Waals surface area contributed by atoms with Crippen molar-refractivity contribution in [1.29, 1.82) is 0 Å². The molecular formula is C18H19N3OS.